The third-order valence-electron chi connectivity index (χ3n) is 9.50. The molecule has 8 rings (SSSR count). The Bertz CT molecular complexity index is 1640. The van der Waals surface area contributed by atoms with E-state index in [1.807, 2.05) is 6.07 Å². The van der Waals surface area contributed by atoms with Crippen LogP contribution in [0.3, 0.4) is 0 Å². The first-order valence-corrected chi connectivity index (χ1v) is 15.3. The number of aromatic nitrogens is 4. The zero-order chi connectivity index (χ0) is 27.7. The van der Waals surface area contributed by atoms with Crippen molar-refractivity contribution in [3.63, 3.8) is 0 Å². The molecule has 2 unspecified atom stereocenters. The predicted molar refractivity (Wildman–Crippen MR) is 157 cm³/mol. The van der Waals surface area contributed by atoms with Crippen molar-refractivity contribution < 1.29 is 13.9 Å². The Hall–Kier alpha value is -3.35. The molecule has 4 fully saturated rings. The molecule has 1 aromatic carbocycles. The van der Waals surface area contributed by atoms with Crippen LogP contribution >= 0.6 is 11.3 Å². The fourth-order valence-corrected chi connectivity index (χ4v) is 8.36. The monoisotopic (exact) mass is 576 g/mol. The lowest BCUT2D eigenvalue weighted by Gasteiger charge is -2.36. The molecule has 4 aliphatic heterocycles. The first-order chi connectivity index (χ1) is 20.0. The fourth-order valence-electron chi connectivity index (χ4n) is 7.59. The molecule has 0 saturated carbocycles. The van der Waals surface area contributed by atoms with Gasteiger partial charge >= 0.3 is 6.01 Å². The third-order valence-corrected chi connectivity index (χ3v) is 10.4. The number of halogens is 1. The smallest absolute Gasteiger partial charge is 0.319 e. The van der Waals surface area contributed by atoms with Crippen LogP contribution in [0.5, 0.6) is 11.9 Å². The Kier molecular flexibility index (Phi) is 5.94. The molecule has 0 radical (unpaired) electrons. The van der Waals surface area contributed by atoms with E-state index in [-0.39, 0.29) is 11.4 Å². The molecule has 10 nitrogen and oxygen atoms in total. The molecular weight excluding hydrogens is 543 g/mol. The number of thiazole rings is 1. The standard InChI is InChI=1S/C29H33FN8O2S/c1-39-26-19(18-6-7-20(30)24-22(18)35-27(31)41-24)12-21-23(34-26)25(38-16-4-5-17(38)14-32-13-16)36-28(33-21)40-15-29-8-2-10-37(29)11-3-9-29/h6-7,12,16-17,32H,2-5,8-11,13-15H2,1H3,(H2,31,35). The van der Waals surface area contributed by atoms with Crippen LogP contribution in [0.25, 0.3) is 32.4 Å². The number of piperazine rings is 1. The highest BCUT2D eigenvalue weighted by Crippen LogP contribution is 2.43. The normalized spacial score (nSPS) is 23.5. The number of rotatable bonds is 6. The minimum absolute atomic E-state index is 0.0835. The molecule has 0 aliphatic carbocycles. The van der Waals surface area contributed by atoms with Gasteiger partial charge in [0.1, 0.15) is 17.9 Å². The minimum atomic E-state index is -0.354. The number of anilines is 2. The van der Waals surface area contributed by atoms with Gasteiger partial charge in [-0.1, -0.05) is 11.3 Å². The van der Waals surface area contributed by atoms with E-state index >= 15 is 0 Å². The van der Waals surface area contributed by atoms with E-state index in [1.165, 1.54) is 18.9 Å². The molecule has 4 aliphatic rings. The molecule has 12 heteroatoms. The van der Waals surface area contributed by atoms with E-state index in [0.717, 1.165) is 69.0 Å². The average Bonchev–Trinajstić information content (AvgIpc) is 3.72. The maximum atomic E-state index is 14.6. The lowest BCUT2D eigenvalue weighted by molar-refractivity contribution is 0.108. The maximum Gasteiger partial charge on any atom is 0.319 e. The predicted octanol–water partition coefficient (Wildman–Crippen LogP) is 3.98. The number of fused-ring (bicyclic) bond motifs is 5. The maximum absolute atomic E-state index is 14.6. The summed E-state index contributed by atoms with van der Waals surface area (Å²) in [6, 6.07) is 6.12. The molecule has 214 valence electrons. The number of hydrogen-bond acceptors (Lipinski definition) is 11. The number of hydrogen-bond donors (Lipinski definition) is 2. The molecule has 41 heavy (non-hydrogen) atoms. The number of nitrogen functional groups attached to an aromatic ring is 1. The Labute approximate surface area is 241 Å². The van der Waals surface area contributed by atoms with Gasteiger partial charge in [-0.25, -0.2) is 14.4 Å². The van der Waals surface area contributed by atoms with Crippen LogP contribution in [0.2, 0.25) is 0 Å². The number of nitrogens with one attached hydrogen (secondary N) is 1. The second kappa shape index (κ2) is 9.60. The van der Waals surface area contributed by atoms with Crippen LogP contribution in [-0.4, -0.2) is 82.4 Å². The minimum Gasteiger partial charge on any atom is -0.481 e. The zero-order valence-corrected chi connectivity index (χ0v) is 23.8. The first-order valence-electron chi connectivity index (χ1n) is 14.5. The fraction of sp³-hybridized carbons (Fsp3) is 0.517. The molecule has 4 aromatic rings. The van der Waals surface area contributed by atoms with E-state index in [0.29, 0.717) is 68.1 Å². The lowest BCUT2D eigenvalue weighted by Crippen LogP contribution is -2.52. The van der Waals surface area contributed by atoms with Crippen molar-refractivity contribution in [2.45, 2.75) is 56.1 Å². The van der Waals surface area contributed by atoms with Crippen molar-refractivity contribution in [1.82, 2.24) is 30.2 Å². The van der Waals surface area contributed by atoms with E-state index in [9.17, 15) is 4.39 Å². The van der Waals surface area contributed by atoms with Gasteiger partial charge < -0.3 is 25.4 Å². The SMILES string of the molecule is COc1nc2c(N3C4CCC3CNC4)nc(OCC34CCCN3CCC4)nc2cc1-c1ccc(F)c2sc(N)nc12. The Balaban J connectivity index is 1.28. The van der Waals surface area contributed by atoms with Crippen molar-refractivity contribution in [2.24, 2.45) is 0 Å². The van der Waals surface area contributed by atoms with Gasteiger partial charge in [-0.3, -0.25) is 4.90 Å². The number of methoxy groups -OCH3 is 1. The summed E-state index contributed by atoms with van der Waals surface area (Å²) in [4.78, 5) is 24.4. The second-order valence-corrected chi connectivity index (χ2v) is 12.8. The average molecular weight is 577 g/mol. The van der Waals surface area contributed by atoms with Gasteiger partial charge in [-0.05, 0) is 69.8 Å². The number of pyridine rings is 1. The molecular formula is C29H33FN8O2S. The van der Waals surface area contributed by atoms with E-state index in [4.69, 9.17) is 30.2 Å². The molecule has 7 heterocycles. The number of benzene rings is 1. The quantitative estimate of drug-likeness (QED) is 0.349. The summed E-state index contributed by atoms with van der Waals surface area (Å²) in [5, 5.41) is 3.87. The van der Waals surface area contributed by atoms with E-state index in [1.54, 1.807) is 13.2 Å². The summed E-state index contributed by atoms with van der Waals surface area (Å²) in [5.41, 5.74) is 9.25. The van der Waals surface area contributed by atoms with E-state index in [2.05, 4.69) is 20.1 Å². The van der Waals surface area contributed by atoms with Crippen molar-refractivity contribution in [2.75, 3.05) is 50.5 Å². The van der Waals surface area contributed by atoms with Gasteiger partial charge in [0.05, 0.1) is 28.4 Å². The number of ether oxygens (including phenoxy) is 2. The first kappa shape index (κ1) is 25.4. The molecule has 2 atom stereocenters. The van der Waals surface area contributed by atoms with Gasteiger partial charge in [0.15, 0.2) is 10.9 Å². The van der Waals surface area contributed by atoms with Gasteiger partial charge in [-0.15, -0.1) is 0 Å². The van der Waals surface area contributed by atoms with Gasteiger partial charge in [-0.2, -0.15) is 9.97 Å². The second-order valence-electron chi connectivity index (χ2n) is 11.7. The summed E-state index contributed by atoms with van der Waals surface area (Å²) >= 11 is 1.13. The van der Waals surface area contributed by atoms with Crippen LogP contribution in [0.1, 0.15) is 38.5 Å². The molecule has 4 saturated heterocycles. The topological polar surface area (TPSA) is 115 Å². The summed E-state index contributed by atoms with van der Waals surface area (Å²) in [6.45, 7) is 4.67. The zero-order valence-electron chi connectivity index (χ0n) is 23.0. The summed E-state index contributed by atoms with van der Waals surface area (Å²) < 4.78 is 27.3. The highest BCUT2D eigenvalue weighted by molar-refractivity contribution is 7.22. The lowest BCUT2D eigenvalue weighted by atomic mass is 9.95. The van der Waals surface area contributed by atoms with Crippen LogP contribution in [-0.2, 0) is 0 Å². The van der Waals surface area contributed by atoms with Gasteiger partial charge in [0.2, 0.25) is 5.88 Å². The van der Waals surface area contributed by atoms with Crippen LogP contribution in [0.15, 0.2) is 18.2 Å². The van der Waals surface area contributed by atoms with Crippen molar-refractivity contribution in [3.05, 3.63) is 24.0 Å². The van der Waals surface area contributed by atoms with Crippen LogP contribution < -0.4 is 25.4 Å². The Morgan fingerprint density at radius 3 is 2.59 bits per heavy atom. The van der Waals surface area contributed by atoms with Crippen molar-refractivity contribution in [1.29, 1.82) is 0 Å². The highest BCUT2D eigenvalue weighted by Gasteiger charge is 2.45. The third kappa shape index (κ3) is 4.02. The molecule has 3 aromatic heterocycles. The van der Waals surface area contributed by atoms with Crippen LogP contribution in [0.4, 0.5) is 15.3 Å². The Morgan fingerprint density at radius 2 is 1.83 bits per heavy atom. The van der Waals surface area contributed by atoms with Crippen molar-refractivity contribution >= 4 is 43.5 Å². The van der Waals surface area contributed by atoms with E-state index < -0.39 is 0 Å². The van der Waals surface area contributed by atoms with Gasteiger partial charge in [0.25, 0.3) is 0 Å². The molecule has 2 bridgehead atoms. The highest BCUT2D eigenvalue weighted by atomic mass is 32.1. The summed E-state index contributed by atoms with van der Waals surface area (Å²) in [5.74, 6) is 0.843. The number of nitrogens with two attached hydrogens (primary N) is 1. The molecule has 0 spiro atoms. The van der Waals surface area contributed by atoms with Gasteiger partial charge in [0, 0.05) is 36.3 Å². The van der Waals surface area contributed by atoms with Crippen molar-refractivity contribution in [3.8, 4) is 23.0 Å². The Morgan fingerprint density at radius 1 is 1.05 bits per heavy atom. The number of nitrogens with zero attached hydrogens (tertiary/aromatic N) is 6. The van der Waals surface area contributed by atoms with Crippen LogP contribution in [0, 0.1) is 5.82 Å². The molecule has 0 amide bonds. The summed E-state index contributed by atoms with van der Waals surface area (Å²) in [6.07, 6.45) is 6.91. The molecule has 3 N–H and O–H groups in total. The largest absolute Gasteiger partial charge is 0.481 e. The summed E-state index contributed by atoms with van der Waals surface area (Å²) in [7, 11) is 1.59.